The number of fused-ring (bicyclic) bond motifs is 2. The molecule has 5 rings (SSSR count). The first kappa shape index (κ1) is 15.3. The van der Waals surface area contributed by atoms with Crippen LogP contribution in [0.3, 0.4) is 0 Å². The van der Waals surface area contributed by atoms with Crippen LogP contribution < -0.4 is 0 Å². The van der Waals surface area contributed by atoms with E-state index in [1.54, 1.807) is 11.8 Å². The van der Waals surface area contributed by atoms with E-state index < -0.39 is 0 Å². The van der Waals surface area contributed by atoms with E-state index in [-0.39, 0.29) is 0 Å². The molecule has 1 aliphatic rings. The lowest BCUT2D eigenvalue weighted by Crippen LogP contribution is -2.13. The first-order valence-corrected chi connectivity index (χ1v) is 9.49. The summed E-state index contributed by atoms with van der Waals surface area (Å²) < 4.78 is 1.86. The van der Waals surface area contributed by atoms with Crippen LogP contribution >= 0.6 is 11.8 Å². The van der Waals surface area contributed by atoms with Crippen molar-refractivity contribution >= 4 is 28.2 Å². The van der Waals surface area contributed by atoms with Crippen LogP contribution in [0.5, 0.6) is 0 Å². The molecule has 0 fully saturated rings. The Morgan fingerprint density at radius 3 is 2.46 bits per heavy atom. The summed E-state index contributed by atoms with van der Waals surface area (Å²) in [5.41, 5.74) is 4.44. The van der Waals surface area contributed by atoms with Gasteiger partial charge in [0, 0.05) is 11.3 Å². The fraction of sp³-hybridized carbons (Fsp3) is 0.0952. The number of rotatable bonds is 2. The summed E-state index contributed by atoms with van der Waals surface area (Å²) in [6.45, 7) is 2.08. The van der Waals surface area contributed by atoms with Gasteiger partial charge in [-0.3, -0.25) is 0 Å². The van der Waals surface area contributed by atoms with Crippen LogP contribution in [0.25, 0.3) is 22.2 Å². The zero-order valence-corrected chi connectivity index (χ0v) is 15.1. The summed E-state index contributed by atoms with van der Waals surface area (Å²) in [6.07, 6.45) is 0. The minimum Gasteiger partial charge on any atom is -0.187 e. The van der Waals surface area contributed by atoms with Gasteiger partial charge in [-0.1, -0.05) is 78.0 Å². The first-order valence-electron chi connectivity index (χ1n) is 8.50. The molecule has 26 heavy (non-hydrogen) atoms. The maximum atomic E-state index is 4.87. The van der Waals surface area contributed by atoms with Crippen LogP contribution in [0.2, 0.25) is 0 Å². The molecule has 0 unspecified atom stereocenters. The Morgan fingerprint density at radius 1 is 0.846 bits per heavy atom. The Kier molecular flexibility index (Phi) is 3.60. The van der Waals surface area contributed by atoms with Crippen LogP contribution in [-0.2, 0) is 0 Å². The minimum absolute atomic E-state index is 0.783. The smallest absolute Gasteiger partial charge is 0.187 e. The molecule has 0 N–H and O–H groups in total. The molecule has 0 bridgehead atoms. The molecule has 0 saturated carbocycles. The first-order chi connectivity index (χ1) is 12.8. The van der Waals surface area contributed by atoms with Gasteiger partial charge in [-0.05, 0) is 29.3 Å². The molecular formula is C21H16N4S. The van der Waals surface area contributed by atoms with Crippen molar-refractivity contribution in [3.05, 3.63) is 77.9 Å². The number of thioether (sulfide) groups is 1. The predicted molar refractivity (Wildman–Crippen MR) is 107 cm³/mol. The summed E-state index contributed by atoms with van der Waals surface area (Å²) in [7, 11) is 0. The Bertz CT molecular complexity index is 1140. The summed E-state index contributed by atoms with van der Waals surface area (Å²) in [5.74, 6) is 1.58. The number of aryl methyl sites for hydroxylation is 1. The molecule has 1 aromatic heterocycles. The van der Waals surface area contributed by atoms with Crippen molar-refractivity contribution in [3.63, 3.8) is 0 Å². The summed E-state index contributed by atoms with van der Waals surface area (Å²) >= 11 is 1.67. The SMILES string of the molecule is Cc1ccc(-c2nnc3n2N=C(c2ccc4ccccc4c2)CS3)cc1. The van der Waals surface area contributed by atoms with Gasteiger partial charge in [0.1, 0.15) is 0 Å². The second-order valence-electron chi connectivity index (χ2n) is 6.38. The molecule has 0 aliphatic carbocycles. The van der Waals surface area contributed by atoms with Gasteiger partial charge < -0.3 is 0 Å². The molecular weight excluding hydrogens is 340 g/mol. The van der Waals surface area contributed by atoms with Crippen molar-refractivity contribution in [1.29, 1.82) is 0 Å². The maximum Gasteiger partial charge on any atom is 0.212 e. The van der Waals surface area contributed by atoms with E-state index in [1.165, 1.54) is 16.3 Å². The van der Waals surface area contributed by atoms with Crippen molar-refractivity contribution in [2.45, 2.75) is 12.1 Å². The highest BCUT2D eigenvalue weighted by Crippen LogP contribution is 2.29. The van der Waals surface area contributed by atoms with Gasteiger partial charge in [-0.25, -0.2) is 0 Å². The van der Waals surface area contributed by atoms with Gasteiger partial charge in [0.25, 0.3) is 0 Å². The predicted octanol–water partition coefficient (Wildman–Crippen LogP) is 4.76. The van der Waals surface area contributed by atoms with Crippen LogP contribution in [0.1, 0.15) is 11.1 Å². The maximum absolute atomic E-state index is 4.87. The molecule has 4 aromatic rings. The second-order valence-corrected chi connectivity index (χ2v) is 7.32. The van der Waals surface area contributed by atoms with Crippen LogP contribution in [0, 0.1) is 6.92 Å². The van der Waals surface area contributed by atoms with Crippen molar-refractivity contribution < 1.29 is 0 Å². The zero-order valence-electron chi connectivity index (χ0n) is 14.3. The third kappa shape index (κ3) is 2.61. The number of hydrogen-bond acceptors (Lipinski definition) is 4. The normalized spacial score (nSPS) is 13.5. The highest BCUT2D eigenvalue weighted by atomic mass is 32.2. The fourth-order valence-electron chi connectivity index (χ4n) is 3.12. The molecule has 0 radical (unpaired) electrons. The summed E-state index contributed by atoms with van der Waals surface area (Å²) in [5, 5.41) is 16.8. The third-order valence-electron chi connectivity index (χ3n) is 4.56. The minimum atomic E-state index is 0.783. The van der Waals surface area contributed by atoms with Gasteiger partial charge in [0.2, 0.25) is 5.16 Å². The summed E-state index contributed by atoms with van der Waals surface area (Å²) in [4.78, 5) is 0. The average Bonchev–Trinajstić information content (AvgIpc) is 3.11. The van der Waals surface area contributed by atoms with Crippen LogP contribution in [0.4, 0.5) is 0 Å². The zero-order chi connectivity index (χ0) is 17.5. The fourth-order valence-corrected chi connectivity index (χ4v) is 3.96. The van der Waals surface area contributed by atoms with Gasteiger partial charge in [-0.2, -0.15) is 9.78 Å². The van der Waals surface area contributed by atoms with E-state index in [1.807, 2.05) is 4.68 Å². The van der Waals surface area contributed by atoms with Gasteiger partial charge >= 0.3 is 0 Å². The van der Waals surface area contributed by atoms with Crippen molar-refractivity contribution in [2.75, 3.05) is 5.75 Å². The van der Waals surface area contributed by atoms with E-state index in [9.17, 15) is 0 Å². The van der Waals surface area contributed by atoms with E-state index >= 15 is 0 Å². The largest absolute Gasteiger partial charge is 0.212 e. The quantitative estimate of drug-likeness (QED) is 0.520. The highest BCUT2D eigenvalue weighted by Gasteiger charge is 2.20. The molecule has 0 saturated heterocycles. The molecule has 0 spiro atoms. The Labute approximate surface area is 155 Å². The molecule has 0 amide bonds. The Balaban J connectivity index is 1.60. The standard InChI is InChI=1S/C21H16N4S/c1-14-6-8-16(9-7-14)20-22-23-21-25(20)24-19(13-26-21)18-11-10-15-4-2-3-5-17(15)12-18/h2-12H,13H2,1H3. The monoisotopic (exact) mass is 356 g/mol. The lowest BCUT2D eigenvalue weighted by atomic mass is 10.0. The lowest BCUT2D eigenvalue weighted by Gasteiger charge is -2.14. The highest BCUT2D eigenvalue weighted by molar-refractivity contribution is 7.99. The van der Waals surface area contributed by atoms with Gasteiger partial charge in [-0.15, -0.1) is 10.2 Å². The number of nitrogens with zero attached hydrogens (tertiary/aromatic N) is 4. The number of hydrogen-bond donors (Lipinski definition) is 0. The van der Waals surface area contributed by atoms with Gasteiger partial charge in [0.15, 0.2) is 5.82 Å². The molecule has 1 aliphatic heterocycles. The molecule has 2 heterocycles. The molecule has 0 atom stereocenters. The van der Waals surface area contributed by atoms with Gasteiger partial charge in [0.05, 0.1) is 5.71 Å². The Morgan fingerprint density at radius 2 is 1.62 bits per heavy atom. The van der Waals surface area contributed by atoms with E-state index in [0.29, 0.717) is 0 Å². The molecule has 4 nitrogen and oxygen atoms in total. The second kappa shape index (κ2) is 6.11. The van der Waals surface area contributed by atoms with Crippen molar-refractivity contribution in [3.8, 4) is 11.4 Å². The average molecular weight is 356 g/mol. The molecule has 5 heteroatoms. The topological polar surface area (TPSA) is 43.1 Å². The van der Waals surface area contributed by atoms with Crippen LogP contribution in [0.15, 0.2) is 77.0 Å². The molecule has 126 valence electrons. The number of aromatic nitrogens is 3. The number of benzene rings is 3. The van der Waals surface area contributed by atoms with Crippen molar-refractivity contribution in [2.24, 2.45) is 5.10 Å². The third-order valence-corrected chi connectivity index (χ3v) is 5.49. The lowest BCUT2D eigenvalue weighted by molar-refractivity contribution is 0.762. The van der Waals surface area contributed by atoms with E-state index in [4.69, 9.17) is 5.10 Å². The Hall–Kier alpha value is -2.92. The van der Waals surface area contributed by atoms with Crippen molar-refractivity contribution in [1.82, 2.24) is 14.9 Å². The van der Waals surface area contributed by atoms with E-state index in [2.05, 4.69) is 83.9 Å². The van der Waals surface area contributed by atoms with E-state index in [0.717, 1.165) is 33.6 Å². The van der Waals surface area contributed by atoms with Crippen LogP contribution in [-0.4, -0.2) is 26.3 Å². The molecule has 3 aromatic carbocycles. The summed E-state index contributed by atoms with van der Waals surface area (Å²) in [6, 6.07) is 23.2.